The Morgan fingerprint density at radius 1 is 0.886 bits per heavy atom. The van der Waals surface area contributed by atoms with Crippen molar-refractivity contribution >= 4 is 17.8 Å². The van der Waals surface area contributed by atoms with E-state index in [9.17, 15) is 22.8 Å². The van der Waals surface area contributed by atoms with E-state index in [1.54, 1.807) is 84.9 Å². The Bertz CT molecular complexity index is 1460. The van der Waals surface area contributed by atoms with Crippen LogP contribution in [0.25, 0.3) is 0 Å². The summed E-state index contributed by atoms with van der Waals surface area (Å²) in [5.41, 5.74) is 4.39. The third-order valence-corrected chi connectivity index (χ3v) is 6.71. The molecule has 0 aliphatic carbocycles. The van der Waals surface area contributed by atoms with Crippen molar-refractivity contribution in [1.29, 1.82) is 5.41 Å². The largest absolute Gasteiger partial charge is 0.497 e. The van der Waals surface area contributed by atoms with Gasteiger partial charge in [-0.15, -0.1) is 0 Å². The molecule has 3 aromatic carbocycles. The predicted octanol–water partition coefficient (Wildman–Crippen LogP) is 5.59. The number of carbonyl (C=O) groups excluding carboxylic acids is 2. The number of alkyl halides is 3. The molecule has 0 radical (unpaired) electrons. The molecule has 3 atom stereocenters. The Kier molecular flexibility index (Phi) is 10.6. The quantitative estimate of drug-likeness (QED) is 0.172. The number of methoxy groups -OCH3 is 1. The molecule has 1 saturated heterocycles. The van der Waals surface area contributed by atoms with Gasteiger partial charge in [0.2, 0.25) is 12.2 Å². The average molecular weight is 613 g/mol. The summed E-state index contributed by atoms with van der Waals surface area (Å²) in [6, 6.07) is 22.7. The first-order valence-electron chi connectivity index (χ1n) is 13.6. The van der Waals surface area contributed by atoms with E-state index in [-0.39, 0.29) is 25.9 Å². The van der Waals surface area contributed by atoms with Crippen LogP contribution in [-0.4, -0.2) is 56.2 Å². The van der Waals surface area contributed by atoms with E-state index in [1.807, 2.05) is 0 Å². The maximum Gasteiger partial charge on any atom is 0.431 e. The molecule has 1 aliphatic rings. The molecule has 3 unspecified atom stereocenters. The van der Waals surface area contributed by atoms with Crippen LogP contribution in [0.2, 0.25) is 0 Å². The molecule has 0 bridgehead atoms. The Morgan fingerprint density at radius 3 is 2.05 bits per heavy atom. The van der Waals surface area contributed by atoms with Gasteiger partial charge in [-0.25, -0.2) is 9.59 Å². The number of nitrogens with two attached hydrogens (primary N) is 1. The summed E-state index contributed by atoms with van der Waals surface area (Å²) >= 11 is 0. The molecule has 44 heavy (non-hydrogen) atoms. The summed E-state index contributed by atoms with van der Waals surface area (Å²) in [7, 11) is 1.45. The Morgan fingerprint density at radius 2 is 1.48 bits per heavy atom. The number of hydrogen-bond donors (Lipinski definition) is 2. The zero-order valence-corrected chi connectivity index (χ0v) is 23.7. The van der Waals surface area contributed by atoms with Crippen molar-refractivity contribution in [3.63, 3.8) is 0 Å². The molecule has 232 valence electrons. The minimum absolute atomic E-state index is 0.104. The predicted molar refractivity (Wildman–Crippen MR) is 153 cm³/mol. The van der Waals surface area contributed by atoms with Crippen LogP contribution in [0.15, 0.2) is 96.2 Å². The number of hydrogen-bond acceptors (Lipinski definition) is 9. The number of allylic oxidation sites excluding steroid dienone is 1. The molecular formula is C32H31F3N2O7. The molecule has 9 nitrogen and oxygen atoms in total. The lowest BCUT2D eigenvalue weighted by Crippen LogP contribution is -2.42. The van der Waals surface area contributed by atoms with Crippen LogP contribution < -0.4 is 10.5 Å². The second-order valence-corrected chi connectivity index (χ2v) is 9.88. The number of benzene rings is 3. The zero-order valence-electron chi connectivity index (χ0n) is 23.7. The molecule has 1 fully saturated rings. The second kappa shape index (κ2) is 14.6. The molecule has 0 amide bonds. The van der Waals surface area contributed by atoms with E-state index < -0.39 is 53.8 Å². The van der Waals surface area contributed by atoms with Gasteiger partial charge < -0.3 is 29.4 Å². The number of esters is 2. The van der Waals surface area contributed by atoms with E-state index >= 15 is 0 Å². The molecule has 0 spiro atoms. The fourth-order valence-corrected chi connectivity index (χ4v) is 4.45. The second-order valence-electron chi connectivity index (χ2n) is 9.88. The number of carbonyl (C=O) groups is 2. The molecular weight excluding hydrogens is 581 g/mol. The van der Waals surface area contributed by atoms with E-state index in [0.29, 0.717) is 22.4 Å². The third kappa shape index (κ3) is 8.83. The molecule has 4 rings (SSSR count). The van der Waals surface area contributed by atoms with Gasteiger partial charge in [0.25, 0.3) is 0 Å². The average Bonchev–Trinajstić information content (AvgIpc) is 3.02. The number of halogens is 3. The van der Waals surface area contributed by atoms with Crippen molar-refractivity contribution in [1.82, 2.24) is 0 Å². The molecule has 0 aromatic heterocycles. The Labute approximate surface area is 251 Å². The topological polar surface area (TPSA) is 130 Å². The van der Waals surface area contributed by atoms with Gasteiger partial charge in [-0.3, -0.25) is 5.41 Å². The number of ether oxygens (including phenoxy) is 5. The van der Waals surface area contributed by atoms with Crippen LogP contribution in [-0.2, 0) is 25.4 Å². The van der Waals surface area contributed by atoms with Gasteiger partial charge in [0, 0.05) is 24.8 Å². The van der Waals surface area contributed by atoms with E-state index in [4.69, 9.17) is 34.8 Å². The monoisotopic (exact) mass is 612 g/mol. The minimum Gasteiger partial charge on any atom is -0.497 e. The lowest BCUT2D eigenvalue weighted by atomic mass is 10.0. The fraction of sp³-hybridized carbons (Fsp3) is 0.281. The fourth-order valence-electron chi connectivity index (χ4n) is 4.45. The van der Waals surface area contributed by atoms with Crippen molar-refractivity contribution < 1.29 is 46.4 Å². The highest BCUT2D eigenvalue weighted by Crippen LogP contribution is 2.30. The van der Waals surface area contributed by atoms with Gasteiger partial charge in [-0.1, -0.05) is 48.5 Å². The van der Waals surface area contributed by atoms with Crippen LogP contribution in [0, 0.1) is 5.41 Å². The van der Waals surface area contributed by atoms with Gasteiger partial charge in [-0.05, 0) is 42.0 Å². The number of nitrogens with one attached hydrogen (secondary N) is 1. The summed E-state index contributed by atoms with van der Waals surface area (Å²) in [5.74, 6) is -1.62. The normalized spacial score (nSPS) is 18.9. The molecule has 1 aliphatic heterocycles. The lowest BCUT2D eigenvalue weighted by Gasteiger charge is -2.35. The summed E-state index contributed by atoms with van der Waals surface area (Å²) in [4.78, 5) is 25.3. The van der Waals surface area contributed by atoms with E-state index in [2.05, 4.69) is 0 Å². The van der Waals surface area contributed by atoms with Gasteiger partial charge in [0.15, 0.2) is 0 Å². The first kappa shape index (κ1) is 32.1. The van der Waals surface area contributed by atoms with Crippen LogP contribution in [0.3, 0.4) is 0 Å². The summed E-state index contributed by atoms with van der Waals surface area (Å²) in [6.07, 6.45) is -8.32. The Hall–Kier alpha value is -4.84. The van der Waals surface area contributed by atoms with E-state index in [1.165, 1.54) is 7.11 Å². The lowest BCUT2D eigenvalue weighted by molar-refractivity contribution is -0.191. The van der Waals surface area contributed by atoms with Crippen LogP contribution >= 0.6 is 0 Å². The first-order valence-corrected chi connectivity index (χ1v) is 13.6. The highest BCUT2D eigenvalue weighted by Gasteiger charge is 2.38. The van der Waals surface area contributed by atoms with Crippen LogP contribution in [0.1, 0.15) is 39.1 Å². The molecule has 1 heterocycles. The van der Waals surface area contributed by atoms with Gasteiger partial charge in [0.05, 0.1) is 24.3 Å². The van der Waals surface area contributed by atoms with Gasteiger partial charge >= 0.3 is 18.1 Å². The SMILES string of the molecule is COc1ccc(C/C(C(=N)OC2CC(OC(=O)c3ccccc3)CC(COC(=O)c3ccccc3)O2)=C(/N)C(F)(F)F)cc1. The summed E-state index contributed by atoms with van der Waals surface area (Å²) < 4.78 is 68.7. The van der Waals surface area contributed by atoms with Crippen molar-refractivity contribution in [3.8, 4) is 5.75 Å². The van der Waals surface area contributed by atoms with E-state index in [0.717, 1.165) is 0 Å². The highest BCUT2D eigenvalue weighted by atomic mass is 19.4. The maximum atomic E-state index is 13.7. The summed E-state index contributed by atoms with van der Waals surface area (Å²) in [5, 5.41) is 8.45. The number of rotatable bonds is 10. The van der Waals surface area contributed by atoms with Crippen molar-refractivity contribution in [2.24, 2.45) is 5.73 Å². The van der Waals surface area contributed by atoms with Crippen LogP contribution in [0.4, 0.5) is 13.2 Å². The van der Waals surface area contributed by atoms with Crippen molar-refractivity contribution in [2.75, 3.05) is 13.7 Å². The Balaban J connectivity index is 1.52. The van der Waals surface area contributed by atoms with Crippen molar-refractivity contribution in [2.45, 2.75) is 43.9 Å². The zero-order chi connectivity index (χ0) is 31.7. The standard InChI is InChI=1S/C32H31F3N2O7/c1-40-23-14-12-20(13-15-23)16-26(28(36)32(33,34)35)29(37)44-27-18-24(43-31(39)22-10-6-3-7-11-22)17-25(42-27)19-41-30(38)21-8-4-2-5-9-21/h2-15,24-25,27,37H,16-19,36H2,1H3/b28-26-,37-29?. The van der Waals surface area contributed by atoms with Gasteiger partial charge in [-0.2, -0.15) is 13.2 Å². The minimum atomic E-state index is -4.94. The molecule has 12 heteroatoms. The van der Waals surface area contributed by atoms with Crippen molar-refractivity contribution in [3.05, 3.63) is 113 Å². The molecule has 0 saturated carbocycles. The highest BCUT2D eigenvalue weighted by molar-refractivity contribution is 5.92. The summed E-state index contributed by atoms with van der Waals surface area (Å²) in [6.45, 7) is -0.264. The first-order chi connectivity index (χ1) is 21.0. The van der Waals surface area contributed by atoms with Crippen LogP contribution in [0.5, 0.6) is 5.75 Å². The molecule has 3 N–H and O–H groups in total. The maximum absolute atomic E-state index is 13.7. The van der Waals surface area contributed by atoms with Gasteiger partial charge in [0.1, 0.15) is 24.2 Å². The molecule has 3 aromatic rings. The smallest absolute Gasteiger partial charge is 0.431 e. The third-order valence-electron chi connectivity index (χ3n) is 6.71.